The third-order valence-corrected chi connectivity index (χ3v) is 2.01. The normalized spacial score (nSPS) is 10.2. The Labute approximate surface area is 80.7 Å². The van der Waals surface area contributed by atoms with Crippen LogP contribution in [-0.2, 0) is 0 Å². The quantitative estimate of drug-likeness (QED) is 0.754. The molecule has 13 heavy (non-hydrogen) atoms. The lowest BCUT2D eigenvalue weighted by Crippen LogP contribution is -2.21. The Bertz CT molecular complexity index is 296. The van der Waals surface area contributed by atoms with Gasteiger partial charge in [0, 0.05) is 24.6 Å². The third-order valence-electron chi connectivity index (χ3n) is 1.35. The molecule has 1 heterocycles. The number of amides is 1. The monoisotopic (exact) mass is 200 g/mol. The lowest BCUT2D eigenvalue weighted by Gasteiger charge is -2.06. The zero-order valence-electron chi connectivity index (χ0n) is 7.79. The first-order chi connectivity index (χ1) is 6.15. The standard InChI is InChI=1S/C7H12N4OS/c1-4(2)9-7-5(6(12)8-3)10-11-13-7/h4,9H,1-3H3,(H,8,12). The van der Waals surface area contributed by atoms with E-state index in [1.807, 2.05) is 13.8 Å². The summed E-state index contributed by atoms with van der Waals surface area (Å²) in [4.78, 5) is 11.2. The molecule has 1 aromatic rings. The SMILES string of the molecule is CNC(=O)c1nnsc1NC(C)C. The van der Waals surface area contributed by atoms with E-state index < -0.39 is 0 Å². The molecular formula is C7H12N4OS. The molecule has 0 unspecified atom stereocenters. The van der Waals surface area contributed by atoms with Crippen LogP contribution in [-0.4, -0.2) is 28.6 Å². The predicted molar refractivity (Wildman–Crippen MR) is 52.1 cm³/mol. The molecule has 72 valence electrons. The number of carbonyl (C=O) groups is 1. The summed E-state index contributed by atoms with van der Waals surface area (Å²) >= 11 is 1.19. The summed E-state index contributed by atoms with van der Waals surface area (Å²) in [5, 5.41) is 10.1. The van der Waals surface area contributed by atoms with Gasteiger partial charge in [-0.25, -0.2) is 0 Å². The number of nitrogens with one attached hydrogen (secondary N) is 2. The molecule has 0 aliphatic rings. The van der Waals surface area contributed by atoms with E-state index in [1.165, 1.54) is 11.5 Å². The van der Waals surface area contributed by atoms with Gasteiger partial charge in [-0.3, -0.25) is 4.79 Å². The lowest BCUT2D eigenvalue weighted by molar-refractivity contribution is 0.0959. The molecule has 0 saturated heterocycles. The Hall–Kier alpha value is -1.17. The van der Waals surface area contributed by atoms with E-state index in [4.69, 9.17) is 0 Å². The van der Waals surface area contributed by atoms with Gasteiger partial charge in [-0.1, -0.05) is 4.49 Å². The molecule has 5 nitrogen and oxygen atoms in total. The molecule has 6 heteroatoms. The fourth-order valence-electron chi connectivity index (χ4n) is 0.815. The summed E-state index contributed by atoms with van der Waals surface area (Å²) in [5.41, 5.74) is 0.362. The second kappa shape index (κ2) is 4.18. The molecule has 0 fully saturated rings. The Morgan fingerprint density at radius 2 is 2.23 bits per heavy atom. The van der Waals surface area contributed by atoms with Crippen molar-refractivity contribution in [3.63, 3.8) is 0 Å². The van der Waals surface area contributed by atoms with Crippen molar-refractivity contribution in [3.8, 4) is 0 Å². The van der Waals surface area contributed by atoms with Crippen LogP contribution in [0.5, 0.6) is 0 Å². The predicted octanol–water partition coefficient (Wildman–Crippen LogP) is 0.718. The fraction of sp³-hybridized carbons (Fsp3) is 0.571. The van der Waals surface area contributed by atoms with Crippen molar-refractivity contribution in [2.45, 2.75) is 19.9 Å². The van der Waals surface area contributed by atoms with Crippen LogP contribution in [0.2, 0.25) is 0 Å². The van der Waals surface area contributed by atoms with Gasteiger partial charge in [-0.05, 0) is 13.8 Å². The first-order valence-corrected chi connectivity index (χ1v) is 4.73. The number of hydrogen-bond donors (Lipinski definition) is 2. The number of rotatable bonds is 3. The van der Waals surface area contributed by atoms with Crippen LogP contribution in [0, 0.1) is 0 Å². The van der Waals surface area contributed by atoms with Crippen LogP contribution in [0.1, 0.15) is 24.3 Å². The average molecular weight is 200 g/mol. The van der Waals surface area contributed by atoms with E-state index in [0.29, 0.717) is 10.7 Å². The highest BCUT2D eigenvalue weighted by atomic mass is 32.1. The molecule has 0 aromatic carbocycles. The number of nitrogens with zero attached hydrogens (tertiary/aromatic N) is 2. The van der Waals surface area contributed by atoms with Crippen LogP contribution in [0.25, 0.3) is 0 Å². The zero-order valence-corrected chi connectivity index (χ0v) is 8.60. The molecule has 1 aromatic heterocycles. The van der Waals surface area contributed by atoms with Crippen molar-refractivity contribution in [1.82, 2.24) is 14.9 Å². The molecule has 0 radical (unpaired) electrons. The summed E-state index contributed by atoms with van der Waals surface area (Å²) in [6, 6.07) is 0.269. The van der Waals surface area contributed by atoms with Gasteiger partial charge in [0.15, 0.2) is 5.69 Å². The topological polar surface area (TPSA) is 66.9 Å². The van der Waals surface area contributed by atoms with Crippen LogP contribution >= 0.6 is 11.5 Å². The molecular weight excluding hydrogens is 188 g/mol. The Balaban J connectivity index is 2.83. The van der Waals surface area contributed by atoms with E-state index in [1.54, 1.807) is 7.05 Å². The first kappa shape index (κ1) is 9.91. The molecule has 0 aliphatic carbocycles. The van der Waals surface area contributed by atoms with Gasteiger partial charge in [-0.2, -0.15) is 0 Å². The number of anilines is 1. The molecule has 1 rings (SSSR count). The summed E-state index contributed by atoms with van der Waals surface area (Å²) in [6.45, 7) is 3.99. The molecule has 2 N–H and O–H groups in total. The fourth-order valence-corrected chi connectivity index (χ4v) is 1.53. The van der Waals surface area contributed by atoms with Crippen molar-refractivity contribution in [1.29, 1.82) is 0 Å². The van der Waals surface area contributed by atoms with E-state index in [-0.39, 0.29) is 11.9 Å². The van der Waals surface area contributed by atoms with E-state index >= 15 is 0 Å². The Morgan fingerprint density at radius 3 is 2.77 bits per heavy atom. The maximum atomic E-state index is 11.2. The van der Waals surface area contributed by atoms with Crippen molar-refractivity contribution in [2.75, 3.05) is 12.4 Å². The summed E-state index contributed by atoms with van der Waals surface area (Å²) in [5.74, 6) is -0.211. The van der Waals surface area contributed by atoms with Gasteiger partial charge in [0.2, 0.25) is 0 Å². The highest BCUT2D eigenvalue weighted by molar-refractivity contribution is 7.10. The summed E-state index contributed by atoms with van der Waals surface area (Å²) in [7, 11) is 1.57. The van der Waals surface area contributed by atoms with Crippen LogP contribution in [0.15, 0.2) is 0 Å². The third kappa shape index (κ3) is 2.38. The maximum absolute atomic E-state index is 11.2. The Morgan fingerprint density at radius 1 is 1.54 bits per heavy atom. The van der Waals surface area contributed by atoms with E-state index in [0.717, 1.165) is 0 Å². The van der Waals surface area contributed by atoms with E-state index in [2.05, 4.69) is 20.2 Å². The van der Waals surface area contributed by atoms with Crippen LogP contribution in [0.3, 0.4) is 0 Å². The van der Waals surface area contributed by atoms with Crippen molar-refractivity contribution in [2.24, 2.45) is 0 Å². The second-order valence-corrected chi connectivity index (χ2v) is 3.58. The van der Waals surface area contributed by atoms with Gasteiger partial charge in [0.25, 0.3) is 5.91 Å². The van der Waals surface area contributed by atoms with Crippen molar-refractivity contribution in [3.05, 3.63) is 5.69 Å². The minimum absolute atomic E-state index is 0.211. The smallest absolute Gasteiger partial charge is 0.274 e. The van der Waals surface area contributed by atoms with Gasteiger partial charge in [0.1, 0.15) is 5.00 Å². The first-order valence-electron chi connectivity index (χ1n) is 3.96. The van der Waals surface area contributed by atoms with Crippen molar-refractivity contribution < 1.29 is 4.79 Å². The maximum Gasteiger partial charge on any atom is 0.274 e. The van der Waals surface area contributed by atoms with Gasteiger partial charge in [-0.15, -0.1) is 5.10 Å². The van der Waals surface area contributed by atoms with Gasteiger partial charge < -0.3 is 10.6 Å². The average Bonchev–Trinajstić information content (AvgIpc) is 2.50. The number of aromatic nitrogens is 2. The minimum atomic E-state index is -0.211. The lowest BCUT2D eigenvalue weighted by atomic mass is 10.3. The summed E-state index contributed by atoms with van der Waals surface area (Å²) < 4.78 is 3.71. The zero-order chi connectivity index (χ0) is 9.84. The summed E-state index contributed by atoms with van der Waals surface area (Å²) in [6.07, 6.45) is 0. The molecule has 1 amide bonds. The van der Waals surface area contributed by atoms with Gasteiger partial charge in [0.05, 0.1) is 0 Å². The molecule has 0 aliphatic heterocycles. The molecule has 0 bridgehead atoms. The van der Waals surface area contributed by atoms with E-state index in [9.17, 15) is 4.79 Å². The molecule has 0 spiro atoms. The van der Waals surface area contributed by atoms with Crippen LogP contribution < -0.4 is 10.6 Å². The minimum Gasteiger partial charge on any atom is -0.371 e. The highest BCUT2D eigenvalue weighted by Crippen LogP contribution is 2.17. The second-order valence-electron chi connectivity index (χ2n) is 2.83. The largest absolute Gasteiger partial charge is 0.371 e. The molecule has 0 saturated carbocycles. The van der Waals surface area contributed by atoms with Crippen LogP contribution in [0.4, 0.5) is 5.00 Å². The molecule has 0 atom stereocenters. The number of hydrogen-bond acceptors (Lipinski definition) is 5. The number of carbonyl (C=O) groups excluding carboxylic acids is 1. The van der Waals surface area contributed by atoms with Gasteiger partial charge >= 0.3 is 0 Å². The highest BCUT2D eigenvalue weighted by Gasteiger charge is 2.14. The van der Waals surface area contributed by atoms with Crippen molar-refractivity contribution >= 4 is 22.4 Å². The Kier molecular flexibility index (Phi) is 3.18.